The highest BCUT2D eigenvalue weighted by molar-refractivity contribution is 5.89. The van der Waals surface area contributed by atoms with E-state index in [9.17, 15) is 9.18 Å². The molecule has 0 radical (unpaired) electrons. The van der Waals surface area contributed by atoms with Gasteiger partial charge in [-0.05, 0) is 44.2 Å². The van der Waals surface area contributed by atoms with Crippen LogP contribution in [-0.2, 0) is 7.05 Å². The van der Waals surface area contributed by atoms with Crippen LogP contribution in [0, 0.1) is 18.2 Å². The summed E-state index contributed by atoms with van der Waals surface area (Å²) in [6.45, 7) is 12.5. The van der Waals surface area contributed by atoms with Gasteiger partial charge in [-0.25, -0.2) is 8.78 Å². The van der Waals surface area contributed by atoms with E-state index >= 15 is 4.39 Å². The monoisotopic (exact) mass is 500 g/mol. The number of pyridine rings is 3. The van der Waals surface area contributed by atoms with E-state index in [2.05, 4.69) is 24.6 Å². The van der Waals surface area contributed by atoms with Crippen LogP contribution in [-0.4, -0.2) is 44.6 Å². The zero-order valence-corrected chi connectivity index (χ0v) is 20.8. The highest BCUT2D eigenvalue weighted by atomic mass is 19.1. The van der Waals surface area contributed by atoms with Gasteiger partial charge in [-0.1, -0.05) is 18.7 Å². The van der Waals surface area contributed by atoms with Crippen LogP contribution in [0.4, 0.5) is 20.3 Å². The lowest BCUT2D eigenvalue weighted by atomic mass is 9.95. The molecule has 1 aliphatic rings. The van der Waals surface area contributed by atoms with Crippen LogP contribution in [0.5, 0.6) is 0 Å². The minimum Gasteiger partial charge on any atom is -0.362 e. The molecule has 0 spiro atoms. The van der Waals surface area contributed by atoms with E-state index < -0.39 is 17.7 Å². The van der Waals surface area contributed by atoms with Crippen LogP contribution >= 0.6 is 0 Å². The van der Waals surface area contributed by atoms with Crippen molar-refractivity contribution in [2.24, 2.45) is 7.05 Å². The molecule has 4 heterocycles. The van der Waals surface area contributed by atoms with Crippen molar-refractivity contribution in [3.63, 3.8) is 0 Å². The van der Waals surface area contributed by atoms with Crippen LogP contribution in [0.3, 0.4) is 0 Å². The van der Waals surface area contributed by atoms with Crippen molar-refractivity contribution in [3.05, 3.63) is 105 Å². The van der Waals surface area contributed by atoms with E-state index in [0.717, 1.165) is 6.07 Å². The molecule has 0 bridgehead atoms. The van der Waals surface area contributed by atoms with Gasteiger partial charge in [0.15, 0.2) is 0 Å². The second kappa shape index (κ2) is 9.71. The van der Waals surface area contributed by atoms with Crippen molar-refractivity contribution in [2.75, 3.05) is 18.0 Å². The minimum absolute atomic E-state index is 0.0837. The van der Waals surface area contributed by atoms with Crippen LogP contribution in [0.2, 0.25) is 0 Å². The number of halogens is 2. The molecule has 3 atom stereocenters. The summed E-state index contributed by atoms with van der Waals surface area (Å²) in [5.74, 6) is -0.990. The minimum atomic E-state index is -0.629. The third-order valence-corrected chi connectivity index (χ3v) is 7.07. The molecular weight excluding hydrogens is 474 g/mol. The van der Waals surface area contributed by atoms with E-state index in [4.69, 9.17) is 6.57 Å². The van der Waals surface area contributed by atoms with Crippen LogP contribution in [0.25, 0.3) is 15.9 Å². The Kier molecular flexibility index (Phi) is 6.44. The highest BCUT2D eigenvalue weighted by Crippen LogP contribution is 2.36. The van der Waals surface area contributed by atoms with E-state index in [1.807, 2.05) is 26.0 Å². The SMILES string of the molecule is [C-]#[N+]c1ccc2c(n1)c(N1C[C@@H](C)N(C(c3ccccn3)c3ccc(F)cc3F)C[C@@H]1C)cc(=O)n2C. The maximum atomic E-state index is 15.1. The second-order valence-electron chi connectivity index (χ2n) is 9.45. The van der Waals surface area contributed by atoms with Gasteiger partial charge in [0.05, 0.1) is 22.9 Å². The molecular formula is C28H26F2N6O. The fraction of sp³-hybridized carbons (Fsp3) is 0.286. The molecule has 1 unspecified atom stereocenters. The largest absolute Gasteiger partial charge is 0.362 e. The maximum absolute atomic E-state index is 15.1. The van der Waals surface area contributed by atoms with Gasteiger partial charge in [-0.3, -0.25) is 14.7 Å². The molecule has 1 saturated heterocycles. The Hall–Kier alpha value is -4.16. The average Bonchev–Trinajstić information content (AvgIpc) is 2.89. The summed E-state index contributed by atoms with van der Waals surface area (Å²) in [7, 11) is 1.69. The van der Waals surface area contributed by atoms with Gasteiger partial charge in [-0.2, -0.15) is 0 Å². The predicted octanol–water partition coefficient (Wildman–Crippen LogP) is 4.85. The Bertz CT molecular complexity index is 1570. The number of nitrogens with zero attached hydrogens (tertiary/aromatic N) is 6. The summed E-state index contributed by atoms with van der Waals surface area (Å²) in [6, 6.07) is 13.4. The van der Waals surface area contributed by atoms with E-state index in [-0.39, 0.29) is 23.5 Å². The quantitative estimate of drug-likeness (QED) is 0.375. The number of fused-ring (bicyclic) bond motifs is 1. The zero-order chi connectivity index (χ0) is 26.3. The van der Waals surface area contributed by atoms with Crippen molar-refractivity contribution in [1.29, 1.82) is 0 Å². The Morgan fingerprint density at radius 3 is 2.57 bits per heavy atom. The Morgan fingerprint density at radius 1 is 1.05 bits per heavy atom. The first-order chi connectivity index (χ1) is 17.8. The molecule has 1 aliphatic heterocycles. The first kappa shape index (κ1) is 24.5. The summed E-state index contributed by atoms with van der Waals surface area (Å²) in [5.41, 5.74) is 2.77. The fourth-order valence-electron chi connectivity index (χ4n) is 5.20. The summed E-state index contributed by atoms with van der Waals surface area (Å²) >= 11 is 0. The van der Waals surface area contributed by atoms with Crippen molar-refractivity contribution in [1.82, 2.24) is 19.4 Å². The summed E-state index contributed by atoms with van der Waals surface area (Å²) in [5, 5.41) is 0. The molecule has 7 nitrogen and oxygen atoms in total. The number of benzene rings is 1. The average molecular weight is 501 g/mol. The molecule has 3 aromatic heterocycles. The number of aryl methyl sites for hydroxylation is 1. The summed E-state index contributed by atoms with van der Waals surface area (Å²) in [4.78, 5) is 29.6. The molecule has 0 aliphatic carbocycles. The van der Waals surface area contributed by atoms with Gasteiger partial charge in [0, 0.05) is 56.1 Å². The molecule has 1 fully saturated rings. The lowest BCUT2D eigenvalue weighted by molar-refractivity contribution is 0.126. The van der Waals surface area contributed by atoms with Gasteiger partial charge in [0.25, 0.3) is 11.4 Å². The maximum Gasteiger partial charge on any atom is 0.270 e. The van der Waals surface area contributed by atoms with E-state index in [0.29, 0.717) is 41.1 Å². The third-order valence-electron chi connectivity index (χ3n) is 7.07. The second-order valence-corrected chi connectivity index (χ2v) is 9.45. The fourth-order valence-corrected chi connectivity index (χ4v) is 5.20. The molecule has 9 heteroatoms. The molecule has 37 heavy (non-hydrogen) atoms. The number of hydrogen-bond acceptors (Lipinski definition) is 5. The van der Waals surface area contributed by atoms with Crippen molar-refractivity contribution < 1.29 is 8.78 Å². The normalized spacial score (nSPS) is 19.1. The van der Waals surface area contributed by atoms with E-state index in [1.165, 1.54) is 16.7 Å². The topological polar surface area (TPSA) is 58.6 Å². The lowest BCUT2D eigenvalue weighted by Crippen LogP contribution is -2.57. The standard InChI is InChI=1S/C28H26F2N6O/c1-17-16-36(28(22-7-5-6-12-32-22)20-9-8-19(29)13-21(20)30)18(2)15-35(17)24-14-26(37)34(4)23-10-11-25(31-3)33-27(23)24/h5-14,17-18,28H,15-16H2,1-2,4H3/t17-,18+,28?/m0/s1. The van der Waals surface area contributed by atoms with Crippen LogP contribution in [0.1, 0.15) is 31.1 Å². The molecule has 1 aromatic carbocycles. The van der Waals surface area contributed by atoms with Crippen molar-refractivity contribution in [3.8, 4) is 0 Å². The first-order valence-corrected chi connectivity index (χ1v) is 12.0. The van der Waals surface area contributed by atoms with Gasteiger partial charge >= 0.3 is 0 Å². The van der Waals surface area contributed by atoms with Crippen LogP contribution < -0.4 is 10.5 Å². The Labute approximate surface area is 213 Å². The molecule has 0 N–H and O–H groups in total. The van der Waals surface area contributed by atoms with Gasteiger partial charge in [0.2, 0.25) is 5.52 Å². The highest BCUT2D eigenvalue weighted by Gasteiger charge is 2.37. The predicted molar refractivity (Wildman–Crippen MR) is 139 cm³/mol. The van der Waals surface area contributed by atoms with Gasteiger partial charge in [-0.15, -0.1) is 4.98 Å². The number of anilines is 1. The Morgan fingerprint density at radius 2 is 1.86 bits per heavy atom. The number of aromatic nitrogens is 3. The zero-order valence-electron chi connectivity index (χ0n) is 20.8. The Balaban J connectivity index is 1.57. The first-order valence-electron chi connectivity index (χ1n) is 12.0. The summed E-state index contributed by atoms with van der Waals surface area (Å²) in [6.07, 6.45) is 1.67. The number of piperazine rings is 1. The smallest absolute Gasteiger partial charge is 0.270 e. The van der Waals surface area contributed by atoms with E-state index in [1.54, 1.807) is 37.5 Å². The molecule has 4 aromatic rings. The molecule has 0 amide bonds. The van der Waals surface area contributed by atoms with Gasteiger partial charge < -0.3 is 14.3 Å². The van der Waals surface area contributed by atoms with Crippen molar-refractivity contribution in [2.45, 2.75) is 32.0 Å². The number of hydrogen-bond donors (Lipinski definition) is 0. The number of rotatable bonds is 4. The van der Waals surface area contributed by atoms with Gasteiger partial charge in [0.1, 0.15) is 11.6 Å². The summed E-state index contributed by atoms with van der Waals surface area (Å²) < 4.78 is 30.3. The molecule has 0 saturated carbocycles. The third kappa shape index (κ3) is 4.45. The lowest BCUT2D eigenvalue weighted by Gasteiger charge is -2.48. The van der Waals surface area contributed by atoms with Crippen LogP contribution in [0.15, 0.2) is 65.6 Å². The molecule has 5 rings (SSSR count). The van der Waals surface area contributed by atoms with Crippen molar-refractivity contribution >= 4 is 22.5 Å². The molecule has 188 valence electrons.